The number of imide groups is 1. The molecule has 2 aromatic carbocycles. The maximum absolute atomic E-state index is 12.8. The summed E-state index contributed by atoms with van der Waals surface area (Å²) in [6, 6.07) is 11.4. The number of thioether (sulfide) groups is 1. The number of methoxy groups -OCH3 is 1. The van der Waals surface area contributed by atoms with Crippen molar-refractivity contribution in [3.63, 3.8) is 0 Å². The Balaban J connectivity index is 1.49. The summed E-state index contributed by atoms with van der Waals surface area (Å²) in [4.78, 5) is 51.7. The summed E-state index contributed by atoms with van der Waals surface area (Å²) in [5.41, 5.74) is 1.18. The minimum Gasteiger partial charge on any atom is -0.495 e. The number of ether oxygens (including phenoxy) is 2. The summed E-state index contributed by atoms with van der Waals surface area (Å²) in [6.45, 7) is 1.56. The van der Waals surface area contributed by atoms with Crippen LogP contribution in [0.5, 0.6) is 5.75 Å². The lowest BCUT2D eigenvalue weighted by Crippen LogP contribution is -2.36. The first-order valence-corrected chi connectivity index (χ1v) is 11.5. The highest BCUT2D eigenvalue weighted by atomic mass is 32.2. The van der Waals surface area contributed by atoms with Crippen molar-refractivity contribution < 1.29 is 28.8 Å². The Kier molecular flexibility index (Phi) is 7.32. The van der Waals surface area contributed by atoms with Crippen molar-refractivity contribution in [2.45, 2.75) is 0 Å². The summed E-state index contributed by atoms with van der Waals surface area (Å²) in [5, 5.41) is 13.7. The number of benzene rings is 2. The molecule has 0 saturated carbocycles. The standard InChI is InChI=1S/C23H22N4O7S/c1-33-19-5-3-2-4-16(19)24-21(28)14-26-22(29)20(35-23(26)30)13-15-6-7-17(18(12-15)27(31)32)25-8-10-34-11-9-25/h2-7,12-13H,8-11,14H2,1H3,(H,24,28)/b20-13-. The van der Waals surface area contributed by atoms with E-state index < -0.39 is 28.5 Å². The van der Waals surface area contributed by atoms with Crippen LogP contribution in [0.3, 0.4) is 0 Å². The van der Waals surface area contributed by atoms with Gasteiger partial charge in [-0.05, 0) is 41.6 Å². The van der Waals surface area contributed by atoms with Gasteiger partial charge in [0.1, 0.15) is 18.0 Å². The van der Waals surface area contributed by atoms with Crippen molar-refractivity contribution in [3.8, 4) is 5.75 Å². The van der Waals surface area contributed by atoms with Gasteiger partial charge >= 0.3 is 0 Å². The molecule has 182 valence electrons. The maximum atomic E-state index is 12.8. The third kappa shape index (κ3) is 5.44. The first kappa shape index (κ1) is 24.2. The molecule has 0 spiro atoms. The van der Waals surface area contributed by atoms with Gasteiger partial charge in [-0.1, -0.05) is 18.2 Å². The van der Waals surface area contributed by atoms with Crippen molar-refractivity contribution >= 4 is 52.0 Å². The van der Waals surface area contributed by atoms with Crippen molar-refractivity contribution in [3.05, 3.63) is 63.0 Å². The van der Waals surface area contributed by atoms with Gasteiger partial charge in [0.15, 0.2) is 0 Å². The van der Waals surface area contributed by atoms with E-state index in [9.17, 15) is 24.5 Å². The fourth-order valence-electron chi connectivity index (χ4n) is 3.72. The van der Waals surface area contributed by atoms with Gasteiger partial charge in [0.25, 0.3) is 16.8 Å². The maximum Gasteiger partial charge on any atom is 0.294 e. The average molecular weight is 499 g/mol. The number of nitro groups is 1. The number of morpholine rings is 1. The van der Waals surface area contributed by atoms with Crippen LogP contribution in [0.4, 0.5) is 21.9 Å². The number of carbonyl (C=O) groups excluding carboxylic acids is 3. The Labute approximate surface area is 204 Å². The lowest BCUT2D eigenvalue weighted by atomic mass is 10.1. The molecule has 11 nitrogen and oxygen atoms in total. The zero-order valence-corrected chi connectivity index (χ0v) is 19.6. The molecule has 2 aliphatic rings. The molecule has 2 heterocycles. The first-order valence-electron chi connectivity index (χ1n) is 10.7. The van der Waals surface area contributed by atoms with Crippen LogP contribution in [-0.4, -0.2) is 66.8 Å². The number of rotatable bonds is 7. The molecule has 0 aromatic heterocycles. The van der Waals surface area contributed by atoms with E-state index in [1.165, 1.54) is 19.3 Å². The second-order valence-corrected chi connectivity index (χ2v) is 8.61. The second-order valence-electron chi connectivity index (χ2n) is 7.62. The molecule has 0 bridgehead atoms. The molecular weight excluding hydrogens is 476 g/mol. The van der Waals surface area contributed by atoms with Gasteiger partial charge in [-0.15, -0.1) is 0 Å². The fraction of sp³-hybridized carbons (Fsp3) is 0.261. The van der Waals surface area contributed by atoms with Gasteiger partial charge in [0.2, 0.25) is 5.91 Å². The van der Waals surface area contributed by atoms with Crippen molar-refractivity contribution in [2.24, 2.45) is 0 Å². The topological polar surface area (TPSA) is 131 Å². The van der Waals surface area contributed by atoms with Crippen molar-refractivity contribution in [1.82, 2.24) is 4.90 Å². The number of carbonyl (C=O) groups is 3. The highest BCUT2D eigenvalue weighted by Gasteiger charge is 2.36. The Bertz CT molecular complexity index is 1210. The Hall–Kier alpha value is -3.90. The van der Waals surface area contributed by atoms with Crippen molar-refractivity contribution in [1.29, 1.82) is 0 Å². The number of amides is 3. The van der Waals surface area contributed by atoms with Crippen LogP contribution in [0.25, 0.3) is 6.08 Å². The second kappa shape index (κ2) is 10.6. The molecule has 35 heavy (non-hydrogen) atoms. The molecule has 12 heteroatoms. The smallest absolute Gasteiger partial charge is 0.294 e. The summed E-state index contributed by atoms with van der Waals surface area (Å²) >= 11 is 0.676. The van der Waals surface area contributed by atoms with E-state index in [4.69, 9.17) is 9.47 Å². The van der Waals surface area contributed by atoms with Gasteiger partial charge < -0.3 is 19.7 Å². The molecule has 4 rings (SSSR count). The number of para-hydroxylation sites is 2. The van der Waals surface area contributed by atoms with E-state index in [1.54, 1.807) is 36.4 Å². The normalized spacial score (nSPS) is 17.1. The number of anilines is 2. The van der Waals surface area contributed by atoms with Crippen molar-refractivity contribution in [2.75, 3.05) is 50.2 Å². The predicted octanol–water partition coefficient (Wildman–Crippen LogP) is 3.12. The van der Waals surface area contributed by atoms with Crippen LogP contribution in [0.1, 0.15) is 5.56 Å². The van der Waals surface area contributed by atoms with E-state index in [-0.39, 0.29) is 10.6 Å². The first-order chi connectivity index (χ1) is 16.9. The van der Waals surface area contributed by atoms with E-state index in [0.29, 0.717) is 60.8 Å². The molecule has 2 saturated heterocycles. The third-order valence-electron chi connectivity index (χ3n) is 5.40. The van der Waals surface area contributed by atoms with Crippen LogP contribution in [0, 0.1) is 10.1 Å². The molecule has 2 fully saturated rings. The van der Waals surface area contributed by atoms with Gasteiger partial charge in [-0.3, -0.25) is 29.4 Å². The number of nitrogens with one attached hydrogen (secondary N) is 1. The molecule has 1 N–H and O–H groups in total. The molecule has 3 amide bonds. The molecule has 0 radical (unpaired) electrons. The van der Waals surface area contributed by atoms with Crippen LogP contribution in [0.2, 0.25) is 0 Å². The molecule has 2 aliphatic heterocycles. The van der Waals surface area contributed by atoms with Crippen LogP contribution in [0.15, 0.2) is 47.4 Å². The minimum atomic E-state index is -0.643. The highest BCUT2D eigenvalue weighted by Crippen LogP contribution is 2.35. The zero-order chi connectivity index (χ0) is 24.9. The van der Waals surface area contributed by atoms with Gasteiger partial charge in [-0.25, -0.2) is 0 Å². The fourth-order valence-corrected chi connectivity index (χ4v) is 4.56. The number of hydrogen-bond donors (Lipinski definition) is 1. The van der Waals surface area contributed by atoms with E-state index in [1.807, 2.05) is 4.90 Å². The molecular formula is C23H22N4O7S. The average Bonchev–Trinajstić information content (AvgIpc) is 3.12. The highest BCUT2D eigenvalue weighted by molar-refractivity contribution is 8.18. The SMILES string of the molecule is COc1ccccc1NC(=O)CN1C(=O)S/C(=C\c2ccc(N3CCOCC3)c([N+](=O)[O-])c2)C1=O. The largest absolute Gasteiger partial charge is 0.495 e. The monoisotopic (exact) mass is 498 g/mol. The van der Waals surface area contributed by atoms with Gasteiger partial charge in [0, 0.05) is 19.2 Å². The Morgan fingerprint density at radius 2 is 1.97 bits per heavy atom. The van der Waals surface area contributed by atoms with Gasteiger partial charge in [-0.2, -0.15) is 0 Å². The zero-order valence-electron chi connectivity index (χ0n) is 18.8. The quantitative estimate of drug-likeness (QED) is 0.347. The third-order valence-corrected chi connectivity index (χ3v) is 6.31. The summed E-state index contributed by atoms with van der Waals surface area (Å²) in [7, 11) is 1.46. The Morgan fingerprint density at radius 3 is 2.69 bits per heavy atom. The molecule has 0 aliphatic carbocycles. The van der Waals surface area contributed by atoms with Gasteiger partial charge in [0.05, 0.1) is 35.8 Å². The van der Waals surface area contributed by atoms with E-state index in [0.717, 1.165) is 4.90 Å². The molecule has 0 atom stereocenters. The van der Waals surface area contributed by atoms with Crippen LogP contribution < -0.4 is 15.0 Å². The predicted molar refractivity (Wildman–Crippen MR) is 130 cm³/mol. The summed E-state index contributed by atoms with van der Waals surface area (Å²) in [6.07, 6.45) is 1.42. The Morgan fingerprint density at radius 1 is 1.23 bits per heavy atom. The molecule has 2 aromatic rings. The van der Waals surface area contributed by atoms with E-state index >= 15 is 0 Å². The minimum absolute atomic E-state index is 0.0773. The van der Waals surface area contributed by atoms with E-state index in [2.05, 4.69) is 5.32 Å². The van der Waals surface area contributed by atoms with Crippen LogP contribution in [-0.2, 0) is 14.3 Å². The molecule has 0 unspecified atom stereocenters. The number of nitro benzene ring substituents is 1. The number of nitrogens with zero attached hydrogens (tertiary/aromatic N) is 3. The summed E-state index contributed by atoms with van der Waals surface area (Å²) < 4.78 is 10.5. The summed E-state index contributed by atoms with van der Waals surface area (Å²) in [5.74, 6) is -0.768. The lowest BCUT2D eigenvalue weighted by Gasteiger charge is -2.28. The van der Waals surface area contributed by atoms with Crippen LogP contribution >= 0.6 is 11.8 Å². The number of hydrogen-bond acceptors (Lipinski definition) is 9. The lowest BCUT2D eigenvalue weighted by molar-refractivity contribution is -0.384.